The van der Waals surface area contributed by atoms with Crippen LogP contribution >= 0.6 is 23.4 Å². The molecule has 1 fully saturated rings. The van der Waals surface area contributed by atoms with Crippen LogP contribution in [0.2, 0.25) is 5.02 Å². The summed E-state index contributed by atoms with van der Waals surface area (Å²) in [7, 11) is 0. The molecule has 1 aliphatic heterocycles. The van der Waals surface area contributed by atoms with Crippen LogP contribution in [0.4, 0.5) is 5.69 Å². The van der Waals surface area contributed by atoms with Crippen LogP contribution in [0.5, 0.6) is 0 Å². The lowest BCUT2D eigenvalue weighted by Gasteiger charge is -2.22. The zero-order valence-corrected chi connectivity index (χ0v) is 17.8. The Labute approximate surface area is 183 Å². The van der Waals surface area contributed by atoms with Gasteiger partial charge < -0.3 is 10.1 Å². The summed E-state index contributed by atoms with van der Waals surface area (Å²) in [5.74, 6) is -1.05. The minimum atomic E-state index is -0.513. The van der Waals surface area contributed by atoms with Crippen molar-refractivity contribution in [2.75, 3.05) is 18.1 Å². The third kappa shape index (κ3) is 5.40. The highest BCUT2D eigenvalue weighted by molar-refractivity contribution is 8.15. The normalized spacial score (nSPS) is 15.6. The molecule has 2 aromatic carbocycles. The van der Waals surface area contributed by atoms with Crippen molar-refractivity contribution in [2.45, 2.75) is 18.6 Å². The maximum atomic E-state index is 13.0. The minimum Gasteiger partial charge on any atom is -0.465 e. The van der Waals surface area contributed by atoms with E-state index >= 15 is 0 Å². The first kappa shape index (κ1) is 21.9. The Morgan fingerprint density at radius 2 is 1.83 bits per heavy atom. The van der Waals surface area contributed by atoms with Gasteiger partial charge in [0.05, 0.1) is 11.9 Å². The van der Waals surface area contributed by atoms with E-state index in [1.807, 2.05) is 0 Å². The summed E-state index contributed by atoms with van der Waals surface area (Å²) in [6, 6.07) is 13.5. The fourth-order valence-corrected chi connectivity index (χ4v) is 3.95. The molecular weight excluding hydrogens is 426 g/mol. The second-order valence-electron chi connectivity index (χ2n) is 6.50. The number of carbonyl (C=O) groups is 3. The number of rotatable bonds is 7. The van der Waals surface area contributed by atoms with Crippen LogP contribution in [0.25, 0.3) is 0 Å². The van der Waals surface area contributed by atoms with Gasteiger partial charge in [0, 0.05) is 16.3 Å². The highest BCUT2D eigenvalue weighted by Gasteiger charge is 2.29. The van der Waals surface area contributed by atoms with E-state index in [0.717, 1.165) is 5.56 Å². The van der Waals surface area contributed by atoms with E-state index in [1.165, 1.54) is 16.7 Å². The fraction of sp³-hybridized carbons (Fsp3) is 0.238. The topological polar surface area (TPSA) is 99.6 Å². The van der Waals surface area contributed by atoms with Crippen molar-refractivity contribution in [1.82, 2.24) is 5.32 Å². The monoisotopic (exact) mass is 445 g/mol. The average Bonchev–Trinajstić information content (AvgIpc) is 3.04. The first-order chi connectivity index (χ1) is 14.4. The van der Waals surface area contributed by atoms with Crippen LogP contribution in [0.15, 0.2) is 48.5 Å². The molecule has 3 rings (SSSR count). The summed E-state index contributed by atoms with van der Waals surface area (Å²) in [4.78, 5) is 38.3. The number of hydrogen-bond acceptors (Lipinski definition) is 6. The minimum absolute atomic E-state index is 0.149. The van der Waals surface area contributed by atoms with Crippen molar-refractivity contribution in [3.05, 3.63) is 64.7 Å². The molecule has 30 heavy (non-hydrogen) atoms. The van der Waals surface area contributed by atoms with E-state index in [1.54, 1.807) is 55.5 Å². The van der Waals surface area contributed by atoms with Crippen LogP contribution in [-0.2, 0) is 20.7 Å². The molecule has 1 heterocycles. The predicted molar refractivity (Wildman–Crippen MR) is 117 cm³/mol. The van der Waals surface area contributed by atoms with Crippen molar-refractivity contribution in [2.24, 2.45) is 0 Å². The molecule has 2 aromatic rings. The van der Waals surface area contributed by atoms with Crippen molar-refractivity contribution < 1.29 is 19.1 Å². The van der Waals surface area contributed by atoms with E-state index in [0.29, 0.717) is 22.7 Å². The van der Waals surface area contributed by atoms with Gasteiger partial charge in [0.15, 0.2) is 5.17 Å². The van der Waals surface area contributed by atoms with Gasteiger partial charge in [-0.15, -0.1) is 0 Å². The number of thioether (sulfide) groups is 1. The molecule has 0 aliphatic carbocycles. The molecule has 0 saturated carbocycles. The molecule has 0 radical (unpaired) electrons. The molecule has 0 aromatic heterocycles. The Balaban J connectivity index is 1.80. The molecule has 1 atom stereocenters. The SMILES string of the molecule is CCOC(=O)CN(C(=O)c1ccc(Cl)cc1)c1ccc(CC2SC(=N)NC2=O)cc1. The van der Waals surface area contributed by atoms with Crippen molar-refractivity contribution in [3.63, 3.8) is 0 Å². The summed E-state index contributed by atoms with van der Waals surface area (Å²) in [5, 5.41) is 10.3. The molecule has 2 amide bonds. The first-order valence-corrected chi connectivity index (χ1v) is 10.5. The number of benzene rings is 2. The van der Waals surface area contributed by atoms with Crippen LogP contribution in [0, 0.1) is 5.41 Å². The summed E-state index contributed by atoms with van der Waals surface area (Å²) in [6.07, 6.45) is 0.460. The van der Waals surface area contributed by atoms with Gasteiger partial charge in [-0.05, 0) is 55.3 Å². The Kier molecular flexibility index (Phi) is 7.12. The van der Waals surface area contributed by atoms with Gasteiger partial charge in [-0.1, -0.05) is 35.5 Å². The largest absolute Gasteiger partial charge is 0.465 e. The van der Waals surface area contributed by atoms with Crippen LogP contribution in [0.3, 0.4) is 0 Å². The zero-order chi connectivity index (χ0) is 21.7. The first-order valence-electron chi connectivity index (χ1n) is 9.25. The fourth-order valence-electron chi connectivity index (χ4n) is 2.94. The van der Waals surface area contributed by atoms with Crippen molar-refractivity contribution in [1.29, 1.82) is 5.41 Å². The number of amides is 2. The van der Waals surface area contributed by atoms with E-state index < -0.39 is 5.97 Å². The molecule has 1 unspecified atom stereocenters. The van der Waals surface area contributed by atoms with Gasteiger partial charge in [-0.2, -0.15) is 0 Å². The number of halogens is 1. The average molecular weight is 446 g/mol. The molecular formula is C21H20ClN3O4S. The number of carbonyl (C=O) groups excluding carboxylic acids is 3. The lowest BCUT2D eigenvalue weighted by molar-refractivity contribution is -0.141. The van der Waals surface area contributed by atoms with Gasteiger partial charge in [-0.3, -0.25) is 24.7 Å². The molecule has 0 bridgehead atoms. The maximum absolute atomic E-state index is 13.0. The van der Waals surface area contributed by atoms with E-state index in [2.05, 4.69) is 5.32 Å². The van der Waals surface area contributed by atoms with E-state index in [-0.39, 0.29) is 35.4 Å². The third-order valence-corrected chi connectivity index (χ3v) is 5.64. The van der Waals surface area contributed by atoms with E-state index in [4.69, 9.17) is 21.7 Å². The number of nitrogens with zero attached hydrogens (tertiary/aromatic N) is 1. The second-order valence-corrected chi connectivity index (χ2v) is 8.15. The number of amidine groups is 1. The van der Waals surface area contributed by atoms with Crippen LogP contribution < -0.4 is 10.2 Å². The summed E-state index contributed by atoms with van der Waals surface area (Å²) in [5.41, 5.74) is 1.81. The van der Waals surface area contributed by atoms with Gasteiger partial charge in [0.1, 0.15) is 6.54 Å². The second kappa shape index (κ2) is 9.77. The molecule has 2 N–H and O–H groups in total. The van der Waals surface area contributed by atoms with Gasteiger partial charge >= 0.3 is 5.97 Å². The zero-order valence-electron chi connectivity index (χ0n) is 16.2. The van der Waals surface area contributed by atoms with Gasteiger partial charge in [0.25, 0.3) is 5.91 Å². The number of esters is 1. The number of hydrogen-bond donors (Lipinski definition) is 2. The van der Waals surface area contributed by atoms with Crippen LogP contribution in [0.1, 0.15) is 22.8 Å². The smallest absolute Gasteiger partial charge is 0.326 e. The highest BCUT2D eigenvalue weighted by atomic mass is 35.5. The lowest BCUT2D eigenvalue weighted by Crippen LogP contribution is -2.36. The predicted octanol–water partition coefficient (Wildman–Crippen LogP) is 3.26. The molecule has 7 nitrogen and oxygen atoms in total. The summed E-state index contributed by atoms with van der Waals surface area (Å²) < 4.78 is 5.01. The molecule has 9 heteroatoms. The molecule has 1 aliphatic rings. The Hall–Kier alpha value is -2.84. The number of nitrogens with one attached hydrogen (secondary N) is 2. The summed E-state index contributed by atoms with van der Waals surface area (Å²) in [6.45, 7) is 1.69. The Morgan fingerprint density at radius 3 is 2.40 bits per heavy atom. The van der Waals surface area contributed by atoms with Gasteiger partial charge in [0.2, 0.25) is 5.91 Å². The number of anilines is 1. The Bertz CT molecular complexity index is 963. The molecule has 156 valence electrons. The molecule has 0 spiro atoms. The number of ether oxygens (including phenoxy) is 1. The van der Waals surface area contributed by atoms with Crippen molar-refractivity contribution >= 4 is 52.0 Å². The van der Waals surface area contributed by atoms with Gasteiger partial charge in [-0.25, -0.2) is 0 Å². The lowest BCUT2D eigenvalue weighted by atomic mass is 10.1. The third-order valence-electron chi connectivity index (χ3n) is 4.39. The van der Waals surface area contributed by atoms with Crippen molar-refractivity contribution in [3.8, 4) is 0 Å². The maximum Gasteiger partial charge on any atom is 0.326 e. The quantitative estimate of drug-likeness (QED) is 0.637. The van der Waals surface area contributed by atoms with Crippen LogP contribution in [-0.4, -0.2) is 41.4 Å². The Morgan fingerprint density at radius 1 is 1.17 bits per heavy atom. The highest BCUT2D eigenvalue weighted by Crippen LogP contribution is 2.24. The van der Waals surface area contributed by atoms with E-state index in [9.17, 15) is 14.4 Å². The summed E-state index contributed by atoms with van der Waals surface area (Å²) >= 11 is 7.08. The standard InChI is InChI=1S/C21H20ClN3O4S/c1-2-29-18(26)12-25(20(28)14-5-7-15(22)8-6-14)16-9-3-13(4-10-16)11-17-19(27)24-21(23)30-17/h3-10,17H,2,11-12H2,1H3,(H2,23,24,27). The molecule has 1 saturated heterocycles.